The normalized spacial score (nSPS) is 15.2. The van der Waals surface area contributed by atoms with Crippen LogP contribution >= 0.6 is 0 Å². The number of nitrogens with zero attached hydrogens (tertiary/aromatic N) is 3. The van der Waals surface area contributed by atoms with Crippen LogP contribution in [0.3, 0.4) is 0 Å². The third-order valence-electron chi connectivity index (χ3n) is 3.74. The fraction of sp³-hybridized carbons (Fsp3) is 0.438. The molecule has 1 aliphatic rings. The van der Waals surface area contributed by atoms with Crippen molar-refractivity contribution < 1.29 is 4.74 Å². The maximum atomic E-state index is 5.81. The van der Waals surface area contributed by atoms with Crippen molar-refractivity contribution in [3.63, 3.8) is 0 Å². The van der Waals surface area contributed by atoms with Crippen LogP contribution in [0.25, 0.3) is 0 Å². The number of ether oxygens (including phenoxy) is 1. The Bertz CT molecular complexity index is 558. The van der Waals surface area contributed by atoms with Crippen LogP contribution in [-0.2, 0) is 13.2 Å². The first-order valence-corrected chi connectivity index (χ1v) is 7.55. The number of hydrogen-bond acceptors (Lipinski definition) is 4. The summed E-state index contributed by atoms with van der Waals surface area (Å²) >= 11 is 0. The van der Waals surface area contributed by atoms with Crippen molar-refractivity contribution in [3.8, 4) is 5.75 Å². The minimum absolute atomic E-state index is 0.562. The molecule has 1 aromatic carbocycles. The third-order valence-corrected chi connectivity index (χ3v) is 3.74. The molecule has 0 aliphatic carbocycles. The minimum Gasteiger partial charge on any atom is -0.489 e. The van der Waals surface area contributed by atoms with Gasteiger partial charge in [-0.25, -0.2) is 0 Å². The molecule has 0 atom stereocenters. The number of hydrogen-bond donors (Lipinski definition) is 1. The maximum Gasteiger partial charge on any atom is 0.119 e. The van der Waals surface area contributed by atoms with Crippen molar-refractivity contribution in [2.75, 3.05) is 31.1 Å². The van der Waals surface area contributed by atoms with Gasteiger partial charge in [-0.05, 0) is 31.2 Å². The molecule has 3 rings (SSSR count). The van der Waals surface area contributed by atoms with Crippen LogP contribution < -0.4 is 15.0 Å². The van der Waals surface area contributed by atoms with E-state index < -0.39 is 0 Å². The summed E-state index contributed by atoms with van der Waals surface area (Å²) in [6.45, 7) is 7.77. The fourth-order valence-corrected chi connectivity index (χ4v) is 2.50. The second-order valence-corrected chi connectivity index (χ2v) is 5.22. The lowest BCUT2D eigenvalue weighted by Crippen LogP contribution is -2.43. The minimum atomic E-state index is 0.562. The quantitative estimate of drug-likeness (QED) is 0.911. The molecular weight excluding hydrogens is 264 g/mol. The summed E-state index contributed by atoms with van der Waals surface area (Å²) in [5.74, 6) is 0.901. The predicted octanol–water partition coefficient (Wildman–Crippen LogP) is 1.89. The Labute approximate surface area is 125 Å². The number of aryl methyl sites for hydroxylation is 1. The molecule has 1 N–H and O–H groups in total. The molecule has 1 fully saturated rings. The van der Waals surface area contributed by atoms with E-state index in [1.165, 1.54) is 5.69 Å². The van der Waals surface area contributed by atoms with Crippen molar-refractivity contribution in [1.82, 2.24) is 15.1 Å². The smallest absolute Gasteiger partial charge is 0.119 e. The predicted molar refractivity (Wildman–Crippen MR) is 83.8 cm³/mol. The van der Waals surface area contributed by atoms with E-state index in [2.05, 4.69) is 34.4 Å². The maximum absolute atomic E-state index is 5.81. The molecule has 2 heterocycles. The zero-order chi connectivity index (χ0) is 14.5. The monoisotopic (exact) mass is 286 g/mol. The molecule has 0 spiro atoms. The van der Waals surface area contributed by atoms with E-state index in [1.54, 1.807) is 0 Å². The van der Waals surface area contributed by atoms with Gasteiger partial charge in [0.05, 0.1) is 6.20 Å². The molecule has 0 radical (unpaired) electrons. The molecule has 112 valence electrons. The third kappa shape index (κ3) is 3.55. The molecular formula is C16H22N4O. The Morgan fingerprint density at radius 3 is 2.62 bits per heavy atom. The molecule has 5 heteroatoms. The Balaban J connectivity index is 1.56. The van der Waals surface area contributed by atoms with Crippen molar-refractivity contribution in [1.29, 1.82) is 0 Å². The van der Waals surface area contributed by atoms with Crippen LogP contribution in [0.1, 0.15) is 12.5 Å². The van der Waals surface area contributed by atoms with Crippen LogP contribution in [0.2, 0.25) is 0 Å². The molecule has 1 aliphatic heterocycles. The van der Waals surface area contributed by atoms with Crippen molar-refractivity contribution in [2.45, 2.75) is 20.1 Å². The highest BCUT2D eigenvalue weighted by molar-refractivity contribution is 5.49. The number of nitrogens with one attached hydrogen (secondary N) is 1. The highest BCUT2D eigenvalue weighted by Gasteiger charge is 2.10. The molecule has 1 saturated heterocycles. The van der Waals surface area contributed by atoms with Gasteiger partial charge in [0.15, 0.2) is 0 Å². The highest BCUT2D eigenvalue weighted by Crippen LogP contribution is 2.20. The topological polar surface area (TPSA) is 42.3 Å². The second-order valence-electron chi connectivity index (χ2n) is 5.22. The molecule has 0 saturated carbocycles. The van der Waals surface area contributed by atoms with Gasteiger partial charge in [0.1, 0.15) is 12.4 Å². The molecule has 5 nitrogen and oxygen atoms in total. The Morgan fingerprint density at radius 2 is 1.95 bits per heavy atom. The van der Waals surface area contributed by atoms with E-state index in [4.69, 9.17) is 4.74 Å². The summed E-state index contributed by atoms with van der Waals surface area (Å²) in [7, 11) is 0. The average Bonchev–Trinajstić information content (AvgIpc) is 3.02. The van der Waals surface area contributed by atoms with Crippen LogP contribution in [0, 0.1) is 0 Å². The molecule has 2 aromatic rings. The van der Waals surface area contributed by atoms with Gasteiger partial charge < -0.3 is 15.0 Å². The number of benzene rings is 1. The molecule has 1 aromatic heterocycles. The number of piperazine rings is 1. The van der Waals surface area contributed by atoms with Gasteiger partial charge in [-0.2, -0.15) is 5.10 Å². The standard InChI is InChI=1S/C16H22N4O/c1-2-20-12-14(11-18-20)13-21-16-5-3-15(4-6-16)19-9-7-17-8-10-19/h3-6,11-12,17H,2,7-10,13H2,1H3. The van der Waals surface area contributed by atoms with E-state index in [1.807, 2.05) is 29.2 Å². The molecule has 0 unspecified atom stereocenters. The molecule has 0 bridgehead atoms. The summed E-state index contributed by atoms with van der Waals surface area (Å²) in [6.07, 6.45) is 3.88. The van der Waals surface area contributed by atoms with E-state index >= 15 is 0 Å². The zero-order valence-electron chi connectivity index (χ0n) is 12.5. The van der Waals surface area contributed by atoms with E-state index in [0.717, 1.165) is 44.0 Å². The lowest BCUT2D eigenvalue weighted by molar-refractivity contribution is 0.306. The summed E-state index contributed by atoms with van der Waals surface area (Å²) in [5.41, 5.74) is 2.37. The molecule has 0 amide bonds. The first-order chi connectivity index (χ1) is 10.3. The van der Waals surface area contributed by atoms with E-state index in [-0.39, 0.29) is 0 Å². The van der Waals surface area contributed by atoms with Gasteiger partial charge in [-0.1, -0.05) is 0 Å². The highest BCUT2D eigenvalue weighted by atomic mass is 16.5. The van der Waals surface area contributed by atoms with Gasteiger partial charge in [0, 0.05) is 50.2 Å². The zero-order valence-corrected chi connectivity index (χ0v) is 12.5. The van der Waals surface area contributed by atoms with Gasteiger partial charge in [-0.15, -0.1) is 0 Å². The Kier molecular flexibility index (Phi) is 4.40. The summed E-state index contributed by atoms with van der Waals surface area (Å²) in [6, 6.07) is 8.36. The fourth-order valence-electron chi connectivity index (χ4n) is 2.50. The van der Waals surface area contributed by atoms with E-state index in [9.17, 15) is 0 Å². The largest absolute Gasteiger partial charge is 0.489 e. The van der Waals surface area contributed by atoms with Crippen molar-refractivity contribution >= 4 is 5.69 Å². The number of rotatable bonds is 5. The van der Waals surface area contributed by atoms with E-state index in [0.29, 0.717) is 6.61 Å². The Morgan fingerprint density at radius 1 is 1.19 bits per heavy atom. The summed E-state index contributed by atoms with van der Waals surface area (Å²) < 4.78 is 7.72. The van der Waals surface area contributed by atoms with Gasteiger partial charge >= 0.3 is 0 Å². The number of anilines is 1. The van der Waals surface area contributed by atoms with Gasteiger partial charge in [-0.3, -0.25) is 4.68 Å². The van der Waals surface area contributed by atoms with Crippen LogP contribution in [-0.4, -0.2) is 36.0 Å². The summed E-state index contributed by atoms with van der Waals surface area (Å²) in [5, 5.41) is 7.61. The average molecular weight is 286 g/mol. The van der Waals surface area contributed by atoms with Crippen LogP contribution in [0.15, 0.2) is 36.7 Å². The van der Waals surface area contributed by atoms with Crippen molar-refractivity contribution in [2.24, 2.45) is 0 Å². The van der Waals surface area contributed by atoms with Gasteiger partial charge in [0.2, 0.25) is 0 Å². The van der Waals surface area contributed by atoms with Crippen molar-refractivity contribution in [3.05, 3.63) is 42.2 Å². The lowest BCUT2D eigenvalue weighted by atomic mass is 10.2. The van der Waals surface area contributed by atoms with Gasteiger partial charge in [0.25, 0.3) is 0 Å². The Hall–Kier alpha value is -2.01. The molecule has 21 heavy (non-hydrogen) atoms. The van der Waals surface area contributed by atoms with Crippen LogP contribution in [0.4, 0.5) is 5.69 Å². The SMILES string of the molecule is CCn1cc(COc2ccc(N3CCNCC3)cc2)cn1. The second kappa shape index (κ2) is 6.63. The van der Waals surface area contributed by atoms with Crippen LogP contribution in [0.5, 0.6) is 5.75 Å². The summed E-state index contributed by atoms with van der Waals surface area (Å²) in [4.78, 5) is 2.39. The first kappa shape index (κ1) is 13.9. The first-order valence-electron chi connectivity index (χ1n) is 7.55. The lowest BCUT2D eigenvalue weighted by Gasteiger charge is -2.29. The number of aromatic nitrogens is 2.